The lowest BCUT2D eigenvalue weighted by Crippen LogP contribution is -2.24. The van der Waals surface area contributed by atoms with Crippen LogP contribution >= 0.6 is 43.5 Å². The van der Waals surface area contributed by atoms with E-state index >= 15 is 0 Å². The van der Waals surface area contributed by atoms with Crippen molar-refractivity contribution in [1.29, 1.82) is 0 Å². The van der Waals surface area contributed by atoms with Gasteiger partial charge in [0, 0.05) is 16.1 Å². The summed E-state index contributed by atoms with van der Waals surface area (Å²) < 4.78 is 22.7. The van der Waals surface area contributed by atoms with Gasteiger partial charge in [0.15, 0.2) is 29.6 Å². The van der Waals surface area contributed by atoms with Gasteiger partial charge in [-0.05, 0) is 34.1 Å². The fourth-order valence-corrected chi connectivity index (χ4v) is 3.71. The van der Waals surface area contributed by atoms with E-state index in [9.17, 15) is 4.79 Å². The van der Waals surface area contributed by atoms with Crippen LogP contribution in [0.25, 0.3) is 0 Å². The maximum Gasteiger partial charge on any atom is 0.277 e. The number of hydrogen-bond acceptors (Lipinski definition) is 6. The number of carbonyl (C=O) groups is 1. The molecule has 0 unspecified atom stereocenters. The molecule has 1 aliphatic rings. The Balaban J connectivity index is 1.59. The Morgan fingerprint density at radius 2 is 2.04 bits per heavy atom. The number of fused-ring (bicyclic) bond motifs is 1. The number of amides is 1. The first-order chi connectivity index (χ1) is 13.0. The molecule has 0 aliphatic carbocycles. The van der Waals surface area contributed by atoms with E-state index in [4.69, 9.17) is 30.5 Å². The SMILES string of the molecule is COc1cc(Br)cc(Br)c1OCC(=O)NN=Cc1cc2c(cc1Cl)OCO2. The van der Waals surface area contributed by atoms with Gasteiger partial charge >= 0.3 is 0 Å². The average Bonchev–Trinajstić information content (AvgIpc) is 3.07. The van der Waals surface area contributed by atoms with Gasteiger partial charge in [0.05, 0.1) is 22.8 Å². The molecule has 10 heteroatoms. The molecule has 0 spiro atoms. The Morgan fingerprint density at radius 3 is 2.78 bits per heavy atom. The molecule has 0 saturated carbocycles. The lowest BCUT2D eigenvalue weighted by Gasteiger charge is -2.12. The predicted molar refractivity (Wildman–Crippen MR) is 107 cm³/mol. The summed E-state index contributed by atoms with van der Waals surface area (Å²) in [5.41, 5.74) is 2.96. The molecule has 142 valence electrons. The van der Waals surface area contributed by atoms with Crippen LogP contribution in [0.3, 0.4) is 0 Å². The second kappa shape index (κ2) is 8.81. The third-order valence-corrected chi connectivity index (χ3v) is 4.80. The lowest BCUT2D eigenvalue weighted by molar-refractivity contribution is -0.123. The molecular formula is C17H13Br2ClN2O5. The number of hydrazone groups is 1. The van der Waals surface area contributed by atoms with Crippen molar-refractivity contribution in [3.05, 3.63) is 43.8 Å². The van der Waals surface area contributed by atoms with Crippen LogP contribution < -0.4 is 24.4 Å². The lowest BCUT2D eigenvalue weighted by atomic mass is 10.2. The number of hydrogen-bond donors (Lipinski definition) is 1. The van der Waals surface area contributed by atoms with Gasteiger partial charge < -0.3 is 18.9 Å². The zero-order valence-electron chi connectivity index (χ0n) is 13.9. The van der Waals surface area contributed by atoms with Crippen LogP contribution in [-0.4, -0.2) is 32.6 Å². The zero-order valence-corrected chi connectivity index (χ0v) is 17.9. The van der Waals surface area contributed by atoms with Crippen molar-refractivity contribution in [2.24, 2.45) is 5.10 Å². The third-order valence-electron chi connectivity index (χ3n) is 3.43. The Bertz CT molecular complexity index is 907. The van der Waals surface area contributed by atoms with E-state index in [0.29, 0.717) is 38.1 Å². The average molecular weight is 521 g/mol. The molecular weight excluding hydrogens is 507 g/mol. The highest BCUT2D eigenvalue weighted by Gasteiger charge is 2.16. The minimum atomic E-state index is -0.444. The molecule has 0 saturated heterocycles. The molecule has 0 radical (unpaired) electrons. The molecule has 1 aliphatic heterocycles. The van der Waals surface area contributed by atoms with Crippen LogP contribution in [0.4, 0.5) is 0 Å². The fraction of sp³-hybridized carbons (Fsp3) is 0.176. The molecule has 1 amide bonds. The van der Waals surface area contributed by atoms with Gasteiger partial charge in [-0.15, -0.1) is 0 Å². The fourth-order valence-electron chi connectivity index (χ4n) is 2.20. The van der Waals surface area contributed by atoms with E-state index in [-0.39, 0.29) is 13.4 Å². The Kier molecular flexibility index (Phi) is 6.46. The van der Waals surface area contributed by atoms with Crippen LogP contribution in [0.2, 0.25) is 5.02 Å². The van der Waals surface area contributed by atoms with E-state index in [2.05, 4.69) is 42.4 Å². The quantitative estimate of drug-likeness (QED) is 0.458. The second-order valence-electron chi connectivity index (χ2n) is 5.23. The Hall–Kier alpha value is -1.97. The van der Waals surface area contributed by atoms with Gasteiger partial charge in [0.2, 0.25) is 6.79 Å². The topological polar surface area (TPSA) is 78.4 Å². The summed E-state index contributed by atoms with van der Waals surface area (Å²) >= 11 is 12.9. The van der Waals surface area contributed by atoms with Gasteiger partial charge in [0.1, 0.15) is 0 Å². The number of nitrogens with one attached hydrogen (secondary N) is 1. The van der Waals surface area contributed by atoms with Crippen LogP contribution in [-0.2, 0) is 4.79 Å². The standard InChI is InChI=1S/C17H13Br2ClN2O5/c1-24-15-4-10(18)3-11(19)17(15)25-7-16(23)22-21-6-9-2-13-14(5-12(9)20)27-8-26-13/h2-6H,7-8H2,1H3,(H,22,23). The Morgan fingerprint density at radius 1 is 1.30 bits per heavy atom. The van der Waals surface area contributed by atoms with Crippen LogP contribution in [0.5, 0.6) is 23.0 Å². The zero-order chi connectivity index (χ0) is 19.4. The highest BCUT2D eigenvalue weighted by Crippen LogP contribution is 2.38. The predicted octanol–water partition coefficient (Wildman–Crippen LogP) is 4.13. The highest BCUT2D eigenvalue weighted by atomic mass is 79.9. The number of rotatable bonds is 6. The number of benzene rings is 2. The molecule has 0 aromatic heterocycles. The van der Waals surface area contributed by atoms with Gasteiger partial charge in [-0.1, -0.05) is 27.5 Å². The van der Waals surface area contributed by atoms with Crippen molar-refractivity contribution in [1.82, 2.24) is 5.43 Å². The Labute approximate surface area is 176 Å². The number of ether oxygens (including phenoxy) is 4. The minimum absolute atomic E-state index is 0.148. The summed E-state index contributed by atoms with van der Waals surface area (Å²) in [5, 5.41) is 4.31. The number of nitrogens with zero attached hydrogens (tertiary/aromatic N) is 1. The molecule has 1 heterocycles. The van der Waals surface area contributed by atoms with Crippen molar-refractivity contribution in [2.75, 3.05) is 20.5 Å². The summed E-state index contributed by atoms with van der Waals surface area (Å²) in [4.78, 5) is 12.0. The van der Waals surface area contributed by atoms with Crippen molar-refractivity contribution in [2.45, 2.75) is 0 Å². The molecule has 1 N–H and O–H groups in total. The molecule has 0 atom stereocenters. The van der Waals surface area contributed by atoms with Gasteiger partial charge in [-0.25, -0.2) is 5.43 Å². The first-order valence-corrected chi connectivity index (χ1v) is 9.51. The summed E-state index contributed by atoms with van der Waals surface area (Å²) in [6.45, 7) is -0.0990. The van der Waals surface area contributed by atoms with Crippen LogP contribution in [0, 0.1) is 0 Å². The number of carbonyl (C=O) groups excluding carboxylic acids is 1. The van der Waals surface area contributed by atoms with Crippen molar-refractivity contribution in [3.8, 4) is 23.0 Å². The molecule has 0 fully saturated rings. The number of halogens is 3. The second-order valence-corrected chi connectivity index (χ2v) is 7.41. The van der Waals surface area contributed by atoms with Crippen molar-refractivity contribution >= 4 is 55.6 Å². The molecule has 2 aromatic carbocycles. The first-order valence-electron chi connectivity index (χ1n) is 7.55. The minimum Gasteiger partial charge on any atom is -0.493 e. The smallest absolute Gasteiger partial charge is 0.277 e. The maximum atomic E-state index is 12.0. The summed E-state index contributed by atoms with van der Waals surface area (Å²) in [6, 6.07) is 6.83. The molecule has 7 nitrogen and oxygen atoms in total. The van der Waals surface area contributed by atoms with Crippen molar-refractivity contribution < 1.29 is 23.7 Å². The van der Waals surface area contributed by atoms with Crippen LogP contribution in [0.1, 0.15) is 5.56 Å². The molecule has 3 rings (SSSR count). The van der Waals surface area contributed by atoms with E-state index in [1.165, 1.54) is 13.3 Å². The largest absolute Gasteiger partial charge is 0.493 e. The van der Waals surface area contributed by atoms with E-state index in [1.54, 1.807) is 24.3 Å². The number of methoxy groups -OCH3 is 1. The monoisotopic (exact) mass is 518 g/mol. The highest BCUT2D eigenvalue weighted by molar-refractivity contribution is 9.11. The molecule has 0 bridgehead atoms. The summed E-state index contributed by atoms with van der Waals surface area (Å²) in [6.07, 6.45) is 1.42. The van der Waals surface area contributed by atoms with Gasteiger partial charge in [-0.2, -0.15) is 5.10 Å². The van der Waals surface area contributed by atoms with E-state index in [0.717, 1.165) is 4.47 Å². The van der Waals surface area contributed by atoms with Gasteiger partial charge in [-0.3, -0.25) is 4.79 Å². The van der Waals surface area contributed by atoms with E-state index in [1.807, 2.05) is 0 Å². The molecule has 27 heavy (non-hydrogen) atoms. The maximum absolute atomic E-state index is 12.0. The van der Waals surface area contributed by atoms with E-state index < -0.39 is 5.91 Å². The summed E-state index contributed by atoms with van der Waals surface area (Å²) in [7, 11) is 1.51. The molecule has 2 aromatic rings. The summed E-state index contributed by atoms with van der Waals surface area (Å²) in [5.74, 6) is 1.60. The van der Waals surface area contributed by atoms with Crippen molar-refractivity contribution in [3.63, 3.8) is 0 Å². The first kappa shape index (κ1) is 19.8. The third kappa shape index (κ3) is 4.85. The normalized spacial score (nSPS) is 12.3. The van der Waals surface area contributed by atoms with Gasteiger partial charge in [0.25, 0.3) is 5.91 Å². The van der Waals surface area contributed by atoms with Crippen LogP contribution in [0.15, 0.2) is 38.3 Å².